The lowest BCUT2D eigenvalue weighted by Gasteiger charge is -2.26. The second kappa shape index (κ2) is 7.63. The Bertz CT molecular complexity index is 195. The molecule has 4 heteroatoms. The number of nitrogens with zero attached hydrogens (tertiary/aromatic N) is 1. The van der Waals surface area contributed by atoms with Gasteiger partial charge in [0.1, 0.15) is 6.04 Å². The average molecular weight is 230 g/mol. The highest BCUT2D eigenvalue weighted by Crippen LogP contribution is 2.05. The highest BCUT2D eigenvalue weighted by atomic mass is 16.4. The normalized spacial score (nSPS) is 13.8. The fourth-order valence-electron chi connectivity index (χ4n) is 1.74. The third-order valence-corrected chi connectivity index (χ3v) is 2.32. The van der Waals surface area contributed by atoms with Crippen molar-refractivity contribution in [2.45, 2.75) is 40.2 Å². The van der Waals surface area contributed by atoms with Crippen molar-refractivity contribution in [1.29, 1.82) is 0 Å². The number of hydrogen-bond donors (Lipinski definition) is 2. The van der Waals surface area contributed by atoms with Crippen molar-refractivity contribution in [2.75, 3.05) is 19.6 Å². The monoisotopic (exact) mass is 230 g/mol. The Hall–Kier alpha value is -0.610. The summed E-state index contributed by atoms with van der Waals surface area (Å²) in [6.07, 6.45) is 0.523. The first-order valence-corrected chi connectivity index (χ1v) is 6.03. The van der Waals surface area contributed by atoms with Gasteiger partial charge in [0.25, 0.3) is 0 Å². The van der Waals surface area contributed by atoms with E-state index < -0.39 is 12.0 Å². The molecule has 4 nitrogen and oxygen atoms in total. The van der Waals surface area contributed by atoms with Crippen molar-refractivity contribution in [2.24, 2.45) is 17.6 Å². The molecule has 0 fully saturated rings. The molecule has 0 unspecified atom stereocenters. The molecule has 0 aliphatic carbocycles. The van der Waals surface area contributed by atoms with Gasteiger partial charge in [0.05, 0.1) is 0 Å². The molecule has 16 heavy (non-hydrogen) atoms. The maximum absolute atomic E-state index is 10.6. The summed E-state index contributed by atoms with van der Waals surface area (Å²) < 4.78 is 0. The van der Waals surface area contributed by atoms with Gasteiger partial charge < -0.3 is 15.7 Å². The van der Waals surface area contributed by atoms with Crippen LogP contribution in [0.2, 0.25) is 0 Å². The lowest BCUT2D eigenvalue weighted by atomic mass is 10.1. The fourth-order valence-corrected chi connectivity index (χ4v) is 1.74. The van der Waals surface area contributed by atoms with E-state index in [4.69, 9.17) is 10.8 Å². The molecule has 0 radical (unpaired) electrons. The maximum Gasteiger partial charge on any atom is 0.320 e. The highest BCUT2D eigenvalue weighted by Gasteiger charge is 2.15. The van der Waals surface area contributed by atoms with E-state index in [9.17, 15) is 4.79 Å². The van der Waals surface area contributed by atoms with Gasteiger partial charge in [0, 0.05) is 19.6 Å². The van der Waals surface area contributed by atoms with Crippen LogP contribution in [0.1, 0.15) is 34.1 Å². The second-order valence-corrected chi connectivity index (χ2v) is 5.28. The summed E-state index contributed by atoms with van der Waals surface area (Å²) in [5, 5.41) is 8.72. The minimum absolute atomic E-state index is 0.523. The molecule has 0 spiro atoms. The summed E-state index contributed by atoms with van der Waals surface area (Å²) in [6, 6.07) is -0.734. The van der Waals surface area contributed by atoms with Gasteiger partial charge in [-0.2, -0.15) is 0 Å². The van der Waals surface area contributed by atoms with E-state index in [1.54, 1.807) is 0 Å². The molecule has 0 rings (SSSR count). The first-order valence-electron chi connectivity index (χ1n) is 6.03. The Kier molecular flexibility index (Phi) is 7.34. The number of aliphatic carboxylic acids is 1. The summed E-state index contributed by atoms with van der Waals surface area (Å²) in [7, 11) is 0. The van der Waals surface area contributed by atoms with Crippen LogP contribution in [-0.4, -0.2) is 41.7 Å². The Balaban J connectivity index is 4.05. The van der Waals surface area contributed by atoms with E-state index in [0.717, 1.165) is 19.6 Å². The van der Waals surface area contributed by atoms with Gasteiger partial charge in [-0.1, -0.05) is 27.7 Å². The third kappa shape index (κ3) is 7.65. The van der Waals surface area contributed by atoms with Crippen LogP contribution in [0, 0.1) is 11.8 Å². The van der Waals surface area contributed by atoms with Crippen molar-refractivity contribution in [3.63, 3.8) is 0 Å². The number of carboxylic acid groups (broad SMARTS) is 1. The number of rotatable bonds is 8. The summed E-state index contributed by atoms with van der Waals surface area (Å²) in [6.45, 7) is 11.5. The van der Waals surface area contributed by atoms with E-state index in [-0.39, 0.29) is 0 Å². The SMILES string of the molecule is CC(C)CN(CC[C@@H](N)C(=O)O)CC(C)C. The van der Waals surface area contributed by atoms with Crippen molar-refractivity contribution >= 4 is 5.97 Å². The van der Waals surface area contributed by atoms with Crippen LogP contribution in [-0.2, 0) is 4.79 Å². The summed E-state index contributed by atoms with van der Waals surface area (Å²) in [5.41, 5.74) is 5.50. The molecule has 0 heterocycles. The molecule has 0 saturated carbocycles. The highest BCUT2D eigenvalue weighted by molar-refractivity contribution is 5.72. The molecule has 0 amide bonds. The maximum atomic E-state index is 10.6. The topological polar surface area (TPSA) is 66.6 Å². The van der Waals surface area contributed by atoms with Gasteiger partial charge in [-0.05, 0) is 18.3 Å². The number of nitrogens with two attached hydrogens (primary N) is 1. The Morgan fingerprint density at radius 3 is 1.94 bits per heavy atom. The van der Waals surface area contributed by atoms with Crippen LogP contribution >= 0.6 is 0 Å². The van der Waals surface area contributed by atoms with Gasteiger partial charge in [-0.15, -0.1) is 0 Å². The molecule has 1 atom stereocenters. The fraction of sp³-hybridized carbons (Fsp3) is 0.917. The van der Waals surface area contributed by atoms with E-state index in [1.165, 1.54) is 0 Å². The number of carboxylic acids is 1. The lowest BCUT2D eigenvalue weighted by Crippen LogP contribution is -2.38. The minimum atomic E-state index is -0.908. The number of hydrogen-bond acceptors (Lipinski definition) is 3. The smallest absolute Gasteiger partial charge is 0.320 e. The molecule has 0 aliphatic rings. The van der Waals surface area contributed by atoms with Gasteiger partial charge in [0.15, 0.2) is 0 Å². The molecule has 0 aromatic rings. The van der Waals surface area contributed by atoms with Gasteiger partial charge in [-0.25, -0.2) is 0 Å². The van der Waals surface area contributed by atoms with Crippen molar-refractivity contribution in [1.82, 2.24) is 4.90 Å². The molecule has 96 valence electrons. The van der Waals surface area contributed by atoms with Crippen molar-refractivity contribution in [3.05, 3.63) is 0 Å². The summed E-state index contributed by atoms with van der Waals surface area (Å²) in [4.78, 5) is 12.9. The average Bonchev–Trinajstić information content (AvgIpc) is 2.11. The van der Waals surface area contributed by atoms with E-state index in [1.807, 2.05) is 0 Å². The zero-order chi connectivity index (χ0) is 12.7. The van der Waals surface area contributed by atoms with E-state index in [2.05, 4.69) is 32.6 Å². The quantitative estimate of drug-likeness (QED) is 0.661. The molecule has 0 aromatic carbocycles. The van der Waals surface area contributed by atoms with Crippen LogP contribution in [0.4, 0.5) is 0 Å². The first-order chi connectivity index (χ1) is 7.32. The summed E-state index contributed by atoms with van der Waals surface area (Å²) in [5.74, 6) is 0.286. The Morgan fingerprint density at radius 1 is 1.19 bits per heavy atom. The zero-order valence-electron chi connectivity index (χ0n) is 10.9. The van der Waals surface area contributed by atoms with Crippen molar-refractivity contribution < 1.29 is 9.90 Å². The first kappa shape index (κ1) is 15.4. The Morgan fingerprint density at radius 2 is 1.62 bits per heavy atom. The lowest BCUT2D eigenvalue weighted by molar-refractivity contribution is -0.138. The second-order valence-electron chi connectivity index (χ2n) is 5.28. The van der Waals surface area contributed by atoms with Crippen LogP contribution < -0.4 is 5.73 Å². The largest absolute Gasteiger partial charge is 0.480 e. The molecular formula is C12H26N2O2. The van der Waals surface area contributed by atoms with Crippen LogP contribution in [0.25, 0.3) is 0 Å². The molecule has 0 saturated heterocycles. The standard InChI is InChI=1S/C12H26N2O2/c1-9(2)7-14(8-10(3)4)6-5-11(13)12(15)16/h9-11H,5-8,13H2,1-4H3,(H,15,16)/t11-/m1/s1. The molecule has 3 N–H and O–H groups in total. The Labute approximate surface area is 98.8 Å². The van der Waals surface area contributed by atoms with Gasteiger partial charge in [0.2, 0.25) is 0 Å². The van der Waals surface area contributed by atoms with Crippen LogP contribution in [0.5, 0.6) is 0 Å². The summed E-state index contributed by atoms with van der Waals surface area (Å²) >= 11 is 0. The van der Waals surface area contributed by atoms with Crippen molar-refractivity contribution in [3.8, 4) is 0 Å². The molecule has 0 aliphatic heterocycles. The third-order valence-electron chi connectivity index (χ3n) is 2.32. The number of carbonyl (C=O) groups is 1. The minimum Gasteiger partial charge on any atom is -0.480 e. The van der Waals surface area contributed by atoms with Crippen LogP contribution in [0.3, 0.4) is 0 Å². The molecule has 0 bridgehead atoms. The van der Waals surface area contributed by atoms with Gasteiger partial charge in [-0.3, -0.25) is 4.79 Å². The molecular weight excluding hydrogens is 204 g/mol. The zero-order valence-corrected chi connectivity index (χ0v) is 10.9. The van der Waals surface area contributed by atoms with Gasteiger partial charge >= 0.3 is 5.97 Å². The van der Waals surface area contributed by atoms with E-state index >= 15 is 0 Å². The van der Waals surface area contributed by atoms with E-state index in [0.29, 0.717) is 18.3 Å². The predicted molar refractivity (Wildman–Crippen MR) is 66.3 cm³/mol. The van der Waals surface area contributed by atoms with Crippen LogP contribution in [0.15, 0.2) is 0 Å². The predicted octanol–water partition coefficient (Wildman–Crippen LogP) is 1.40. The molecule has 0 aromatic heterocycles.